The second-order valence-electron chi connectivity index (χ2n) is 5.90. The van der Waals surface area contributed by atoms with Gasteiger partial charge in [0, 0.05) is 16.3 Å². The largest absolute Gasteiger partial charge is 0.465 e. The Morgan fingerprint density at radius 3 is 2.41 bits per heavy atom. The van der Waals surface area contributed by atoms with Crippen LogP contribution in [0.4, 0.5) is 5.00 Å². The van der Waals surface area contributed by atoms with Crippen LogP contribution in [-0.2, 0) is 19.4 Å². The summed E-state index contributed by atoms with van der Waals surface area (Å²) in [6, 6.07) is 5.91. The molecule has 6 nitrogen and oxygen atoms in total. The molecule has 0 saturated heterocycles. The highest BCUT2D eigenvalue weighted by Gasteiger charge is 2.22. The third kappa shape index (κ3) is 5.31. The average Bonchev–Trinajstić information content (AvgIpc) is 2.88. The van der Waals surface area contributed by atoms with Gasteiger partial charge in [0.25, 0.3) is 0 Å². The number of carbonyl (C=O) groups excluding carboxylic acids is 2. The molecule has 146 valence electrons. The summed E-state index contributed by atoms with van der Waals surface area (Å²) in [6.45, 7) is 3.63. The molecule has 0 radical (unpaired) electrons. The number of amides is 1. The van der Waals surface area contributed by atoms with Crippen molar-refractivity contribution in [2.24, 2.45) is 0 Å². The zero-order valence-corrected chi connectivity index (χ0v) is 17.6. The van der Waals surface area contributed by atoms with Crippen LogP contribution in [0.3, 0.4) is 0 Å². The lowest BCUT2D eigenvalue weighted by molar-refractivity contribution is -0.116. The molecule has 1 heterocycles. The van der Waals surface area contributed by atoms with Crippen LogP contribution in [0.25, 0.3) is 0 Å². The van der Waals surface area contributed by atoms with Crippen LogP contribution < -0.4 is 5.32 Å². The van der Waals surface area contributed by atoms with E-state index in [9.17, 15) is 18.0 Å². The van der Waals surface area contributed by atoms with E-state index >= 15 is 0 Å². The number of methoxy groups -OCH3 is 1. The van der Waals surface area contributed by atoms with Gasteiger partial charge in [-0.25, -0.2) is 13.2 Å². The zero-order chi connectivity index (χ0) is 20.2. The first-order valence-corrected chi connectivity index (χ1v) is 11.0. The molecule has 1 aromatic heterocycles. The Hall–Kier alpha value is -1.90. The van der Waals surface area contributed by atoms with E-state index < -0.39 is 15.8 Å². The van der Waals surface area contributed by atoms with Gasteiger partial charge in [-0.1, -0.05) is 11.6 Å². The lowest BCUT2D eigenvalue weighted by Gasteiger charge is -2.07. The standard InChI is InChI=1S/C18H20ClNO5S2/c1-11-12(2)26-17(16(11)18(22)25-3)20-15(21)5-4-10-27(23,24)14-8-6-13(19)7-9-14/h6-9H,4-5,10H2,1-3H3,(H,20,21). The molecule has 0 aliphatic heterocycles. The Kier molecular flexibility index (Phi) is 7.02. The Bertz CT molecular complexity index is 949. The average molecular weight is 430 g/mol. The third-order valence-corrected chi connectivity index (χ3v) is 7.21. The van der Waals surface area contributed by atoms with E-state index in [0.29, 0.717) is 15.6 Å². The molecular weight excluding hydrogens is 410 g/mol. The highest BCUT2D eigenvalue weighted by atomic mass is 35.5. The van der Waals surface area contributed by atoms with Crippen LogP contribution in [0.2, 0.25) is 5.02 Å². The molecule has 0 spiro atoms. The minimum atomic E-state index is -3.48. The number of sulfone groups is 1. The number of nitrogens with one attached hydrogen (secondary N) is 1. The van der Waals surface area contributed by atoms with E-state index in [2.05, 4.69) is 5.32 Å². The maximum Gasteiger partial charge on any atom is 0.341 e. The van der Waals surface area contributed by atoms with E-state index in [4.69, 9.17) is 16.3 Å². The fourth-order valence-electron chi connectivity index (χ4n) is 2.43. The van der Waals surface area contributed by atoms with E-state index in [1.807, 2.05) is 6.92 Å². The van der Waals surface area contributed by atoms with Gasteiger partial charge < -0.3 is 10.1 Å². The van der Waals surface area contributed by atoms with Crippen LogP contribution in [0.5, 0.6) is 0 Å². The van der Waals surface area contributed by atoms with E-state index in [-0.39, 0.29) is 29.4 Å². The minimum Gasteiger partial charge on any atom is -0.465 e. The highest BCUT2D eigenvalue weighted by molar-refractivity contribution is 7.91. The molecule has 0 aliphatic carbocycles. The van der Waals surface area contributed by atoms with Crippen LogP contribution in [0.1, 0.15) is 33.6 Å². The summed E-state index contributed by atoms with van der Waals surface area (Å²) < 4.78 is 29.3. The van der Waals surface area contributed by atoms with E-state index in [0.717, 1.165) is 10.4 Å². The van der Waals surface area contributed by atoms with Crippen LogP contribution in [0, 0.1) is 13.8 Å². The van der Waals surface area contributed by atoms with Crippen LogP contribution >= 0.6 is 22.9 Å². The molecule has 1 N–H and O–H groups in total. The summed E-state index contributed by atoms with van der Waals surface area (Å²) in [7, 11) is -2.20. The summed E-state index contributed by atoms with van der Waals surface area (Å²) >= 11 is 7.05. The van der Waals surface area contributed by atoms with Crippen molar-refractivity contribution in [2.75, 3.05) is 18.2 Å². The van der Waals surface area contributed by atoms with Gasteiger partial charge in [-0.3, -0.25) is 4.79 Å². The molecule has 2 rings (SSSR count). The fourth-order valence-corrected chi connectivity index (χ4v) is 4.94. The number of esters is 1. The molecule has 0 unspecified atom stereocenters. The molecule has 0 bridgehead atoms. The Balaban J connectivity index is 1.98. The quantitative estimate of drug-likeness (QED) is 0.672. The van der Waals surface area contributed by atoms with Gasteiger partial charge in [-0.2, -0.15) is 0 Å². The molecule has 0 fully saturated rings. The molecule has 0 aliphatic rings. The van der Waals surface area contributed by atoms with Crippen molar-refractivity contribution in [3.8, 4) is 0 Å². The summed E-state index contributed by atoms with van der Waals surface area (Å²) in [6.07, 6.45) is 0.178. The monoisotopic (exact) mass is 429 g/mol. The summed E-state index contributed by atoms with van der Waals surface area (Å²) in [5.74, 6) is -1.03. The highest BCUT2D eigenvalue weighted by Crippen LogP contribution is 2.33. The summed E-state index contributed by atoms with van der Waals surface area (Å²) in [4.78, 5) is 25.2. The second kappa shape index (κ2) is 8.86. The zero-order valence-electron chi connectivity index (χ0n) is 15.2. The number of halogens is 1. The number of hydrogen-bond donors (Lipinski definition) is 1. The maximum atomic E-state index is 12.3. The minimum absolute atomic E-state index is 0.0173. The Labute approximate surface area is 167 Å². The second-order valence-corrected chi connectivity index (χ2v) is 9.67. The summed E-state index contributed by atoms with van der Waals surface area (Å²) in [5, 5.41) is 3.56. The summed E-state index contributed by atoms with van der Waals surface area (Å²) in [5.41, 5.74) is 1.09. The lowest BCUT2D eigenvalue weighted by atomic mass is 10.1. The van der Waals surface area contributed by atoms with Crippen molar-refractivity contribution >= 4 is 49.7 Å². The first-order valence-electron chi connectivity index (χ1n) is 8.12. The first-order chi connectivity index (χ1) is 12.7. The van der Waals surface area contributed by atoms with Gasteiger partial charge in [-0.05, 0) is 50.1 Å². The Morgan fingerprint density at radius 2 is 1.81 bits per heavy atom. The topological polar surface area (TPSA) is 89.5 Å². The van der Waals surface area contributed by atoms with Crippen molar-refractivity contribution < 1.29 is 22.7 Å². The van der Waals surface area contributed by atoms with Gasteiger partial charge in [-0.15, -0.1) is 11.3 Å². The predicted octanol–water partition coefficient (Wildman–Crippen LogP) is 4.00. The van der Waals surface area contributed by atoms with Crippen molar-refractivity contribution in [3.63, 3.8) is 0 Å². The maximum absolute atomic E-state index is 12.3. The van der Waals surface area contributed by atoms with Crippen LogP contribution in [-0.4, -0.2) is 33.2 Å². The first kappa shape index (κ1) is 21.4. The number of rotatable bonds is 7. The van der Waals surface area contributed by atoms with Crippen LogP contribution in [0.15, 0.2) is 29.2 Å². The molecule has 2 aromatic rings. The van der Waals surface area contributed by atoms with Gasteiger partial charge in [0.2, 0.25) is 5.91 Å². The van der Waals surface area contributed by atoms with Crippen molar-refractivity contribution in [3.05, 3.63) is 45.3 Å². The number of benzene rings is 1. The smallest absolute Gasteiger partial charge is 0.341 e. The number of aryl methyl sites for hydroxylation is 1. The number of anilines is 1. The molecular formula is C18H20ClNO5S2. The molecule has 1 amide bonds. The van der Waals surface area contributed by atoms with E-state index in [1.54, 1.807) is 6.92 Å². The van der Waals surface area contributed by atoms with E-state index in [1.165, 1.54) is 42.7 Å². The molecule has 1 aromatic carbocycles. The normalized spacial score (nSPS) is 11.3. The third-order valence-electron chi connectivity index (χ3n) is 4.02. The number of hydrogen-bond acceptors (Lipinski definition) is 6. The van der Waals surface area contributed by atoms with Crippen molar-refractivity contribution in [1.82, 2.24) is 0 Å². The number of carbonyl (C=O) groups is 2. The molecule has 9 heteroatoms. The predicted molar refractivity (Wildman–Crippen MR) is 107 cm³/mol. The van der Waals surface area contributed by atoms with Crippen molar-refractivity contribution in [2.45, 2.75) is 31.6 Å². The number of thiophene rings is 1. The van der Waals surface area contributed by atoms with Gasteiger partial charge >= 0.3 is 5.97 Å². The van der Waals surface area contributed by atoms with Crippen molar-refractivity contribution in [1.29, 1.82) is 0 Å². The fraction of sp³-hybridized carbons (Fsp3) is 0.333. The SMILES string of the molecule is COC(=O)c1c(NC(=O)CCCS(=O)(=O)c2ccc(Cl)cc2)sc(C)c1C. The van der Waals surface area contributed by atoms with Gasteiger partial charge in [0.1, 0.15) is 5.00 Å². The molecule has 0 saturated carbocycles. The van der Waals surface area contributed by atoms with Gasteiger partial charge in [0.15, 0.2) is 9.84 Å². The Morgan fingerprint density at radius 1 is 1.19 bits per heavy atom. The van der Waals surface area contributed by atoms with Gasteiger partial charge in [0.05, 0.1) is 23.3 Å². The molecule has 0 atom stereocenters. The lowest BCUT2D eigenvalue weighted by Crippen LogP contribution is -2.15. The number of ether oxygens (including phenoxy) is 1. The molecule has 27 heavy (non-hydrogen) atoms.